The molecule has 1 aliphatic rings. The van der Waals surface area contributed by atoms with Gasteiger partial charge in [0.1, 0.15) is 10.7 Å². The lowest BCUT2D eigenvalue weighted by molar-refractivity contribution is -0.00184. The normalized spacial score (nSPS) is 21.0. The first kappa shape index (κ1) is 14.2. The van der Waals surface area contributed by atoms with Gasteiger partial charge in [-0.2, -0.15) is 0 Å². The summed E-state index contributed by atoms with van der Waals surface area (Å²) in [5, 5.41) is 11.5. The second kappa shape index (κ2) is 5.57. The van der Waals surface area contributed by atoms with Crippen LogP contribution in [0.4, 0.5) is 0 Å². The number of hydrogen-bond donors (Lipinski definition) is 1. The van der Waals surface area contributed by atoms with E-state index >= 15 is 0 Å². The number of carbonyl (C=O) groups excluding carboxylic acids is 1. The van der Waals surface area contributed by atoms with E-state index in [4.69, 9.17) is 4.84 Å². The Morgan fingerprint density at radius 3 is 3.05 bits per heavy atom. The fraction of sp³-hybridized carbons (Fsp3) is 0.357. The molecule has 0 spiro atoms. The van der Waals surface area contributed by atoms with Crippen molar-refractivity contribution in [2.45, 2.75) is 25.9 Å². The zero-order valence-electron chi connectivity index (χ0n) is 11.8. The molecule has 3 rings (SSSR count). The van der Waals surface area contributed by atoms with Crippen LogP contribution in [0.1, 0.15) is 30.8 Å². The highest BCUT2D eigenvalue weighted by Crippen LogP contribution is 2.28. The molecule has 110 valence electrons. The molecule has 0 saturated carbocycles. The third kappa shape index (κ3) is 3.14. The van der Waals surface area contributed by atoms with Gasteiger partial charge in [-0.1, -0.05) is 11.2 Å². The molecule has 0 bridgehead atoms. The first-order valence-electron chi connectivity index (χ1n) is 6.55. The fourth-order valence-corrected chi connectivity index (χ4v) is 3.75. The van der Waals surface area contributed by atoms with Gasteiger partial charge < -0.3 is 10.2 Å². The quantitative estimate of drug-likeness (QED) is 0.941. The summed E-state index contributed by atoms with van der Waals surface area (Å²) in [5.74, 6) is -0.177. The number of rotatable bonds is 4. The Kier molecular flexibility index (Phi) is 3.77. The highest BCUT2D eigenvalue weighted by molar-refractivity contribution is 7.20. The molecule has 0 saturated heterocycles. The molecule has 3 heterocycles. The van der Waals surface area contributed by atoms with Gasteiger partial charge in [0.25, 0.3) is 5.91 Å². The minimum absolute atomic E-state index is 0.177. The Morgan fingerprint density at radius 1 is 1.52 bits per heavy atom. The highest BCUT2D eigenvalue weighted by atomic mass is 32.1. The largest absolute Gasteiger partial charge is 0.387 e. The number of nitrogens with one attached hydrogen (secondary N) is 1. The zero-order valence-corrected chi connectivity index (χ0v) is 13.4. The SMILES string of the molecule is CC1=NO[C@](C)(CNC(=O)c2csc(-c3cccs3)n2)C1. The topological polar surface area (TPSA) is 63.6 Å². The molecule has 1 amide bonds. The van der Waals surface area contributed by atoms with Gasteiger partial charge in [-0.3, -0.25) is 4.79 Å². The van der Waals surface area contributed by atoms with E-state index < -0.39 is 5.60 Å². The van der Waals surface area contributed by atoms with Crippen LogP contribution in [0, 0.1) is 0 Å². The van der Waals surface area contributed by atoms with Crippen molar-refractivity contribution < 1.29 is 9.63 Å². The van der Waals surface area contributed by atoms with Crippen LogP contribution in [-0.2, 0) is 4.84 Å². The molecule has 0 unspecified atom stereocenters. The predicted molar refractivity (Wildman–Crippen MR) is 85.0 cm³/mol. The summed E-state index contributed by atoms with van der Waals surface area (Å²) in [4.78, 5) is 23.0. The maximum absolute atomic E-state index is 12.2. The summed E-state index contributed by atoms with van der Waals surface area (Å²) in [6.45, 7) is 4.27. The Balaban J connectivity index is 1.61. The van der Waals surface area contributed by atoms with Crippen molar-refractivity contribution in [1.82, 2.24) is 10.3 Å². The Hall–Kier alpha value is -1.73. The van der Waals surface area contributed by atoms with Gasteiger partial charge in [0.2, 0.25) is 0 Å². The summed E-state index contributed by atoms with van der Waals surface area (Å²) in [6.07, 6.45) is 0.727. The van der Waals surface area contributed by atoms with E-state index in [-0.39, 0.29) is 5.91 Å². The van der Waals surface area contributed by atoms with Crippen LogP contribution in [0.25, 0.3) is 9.88 Å². The van der Waals surface area contributed by atoms with Crippen molar-refractivity contribution >= 4 is 34.3 Å². The minimum Gasteiger partial charge on any atom is -0.387 e. The molecule has 21 heavy (non-hydrogen) atoms. The number of nitrogens with zero attached hydrogens (tertiary/aromatic N) is 2. The number of oxime groups is 1. The molecule has 0 fully saturated rings. The summed E-state index contributed by atoms with van der Waals surface area (Å²) in [5.41, 5.74) is 0.940. The standard InChI is InChI=1S/C14H15N3O2S2/c1-9-6-14(2,19-17-9)8-15-12(18)10-7-21-13(16-10)11-4-3-5-20-11/h3-5,7H,6,8H2,1-2H3,(H,15,18)/t14-/m0/s1. The number of hydrogen-bond acceptors (Lipinski definition) is 6. The molecule has 0 aromatic carbocycles. The number of thiazole rings is 1. The molecule has 0 radical (unpaired) electrons. The van der Waals surface area contributed by atoms with Gasteiger partial charge in [0, 0.05) is 11.8 Å². The number of carbonyl (C=O) groups is 1. The van der Waals surface area contributed by atoms with E-state index in [1.807, 2.05) is 31.4 Å². The van der Waals surface area contributed by atoms with Crippen LogP contribution in [0.15, 0.2) is 28.0 Å². The molecule has 2 aromatic heterocycles. The molecular formula is C14H15N3O2S2. The lowest BCUT2D eigenvalue weighted by Gasteiger charge is -2.21. The number of thiophene rings is 1. The molecule has 1 N–H and O–H groups in total. The molecular weight excluding hydrogens is 306 g/mol. The summed E-state index contributed by atoms with van der Waals surface area (Å²) < 4.78 is 0. The Bertz CT molecular complexity index is 678. The third-order valence-electron chi connectivity index (χ3n) is 3.14. The Labute approximate surface area is 130 Å². The lowest BCUT2D eigenvalue weighted by atomic mass is 10.0. The van der Waals surface area contributed by atoms with Crippen LogP contribution in [0.5, 0.6) is 0 Å². The van der Waals surface area contributed by atoms with Crippen LogP contribution < -0.4 is 5.32 Å². The average molecular weight is 321 g/mol. The molecule has 1 aliphatic heterocycles. The maximum Gasteiger partial charge on any atom is 0.270 e. The van der Waals surface area contributed by atoms with Crippen molar-refractivity contribution in [2.24, 2.45) is 5.16 Å². The zero-order chi connectivity index (χ0) is 14.9. The van der Waals surface area contributed by atoms with Crippen molar-refractivity contribution in [1.29, 1.82) is 0 Å². The number of amides is 1. The van der Waals surface area contributed by atoms with Gasteiger partial charge >= 0.3 is 0 Å². The highest BCUT2D eigenvalue weighted by Gasteiger charge is 2.33. The second-order valence-corrected chi connectivity index (χ2v) is 7.05. The van der Waals surface area contributed by atoms with Crippen molar-refractivity contribution in [3.8, 4) is 9.88 Å². The molecule has 1 atom stereocenters. The first-order chi connectivity index (χ1) is 10.1. The average Bonchev–Trinajstić information content (AvgIpc) is 3.16. The fourth-order valence-electron chi connectivity index (χ4n) is 2.14. The van der Waals surface area contributed by atoms with Crippen LogP contribution >= 0.6 is 22.7 Å². The van der Waals surface area contributed by atoms with E-state index in [0.717, 1.165) is 22.0 Å². The lowest BCUT2D eigenvalue weighted by Crippen LogP contribution is -2.40. The van der Waals surface area contributed by atoms with Gasteiger partial charge in [0.15, 0.2) is 5.60 Å². The van der Waals surface area contributed by atoms with E-state index in [9.17, 15) is 4.79 Å². The molecule has 2 aromatic rings. The predicted octanol–water partition coefficient (Wildman–Crippen LogP) is 3.16. The Morgan fingerprint density at radius 2 is 2.38 bits per heavy atom. The molecule has 5 nitrogen and oxygen atoms in total. The van der Waals surface area contributed by atoms with Gasteiger partial charge in [0.05, 0.1) is 17.1 Å². The monoisotopic (exact) mass is 321 g/mol. The second-order valence-electron chi connectivity index (χ2n) is 5.24. The van der Waals surface area contributed by atoms with Gasteiger partial charge in [-0.15, -0.1) is 22.7 Å². The van der Waals surface area contributed by atoms with Crippen LogP contribution in [0.3, 0.4) is 0 Å². The summed E-state index contributed by atoms with van der Waals surface area (Å²) in [7, 11) is 0. The summed E-state index contributed by atoms with van der Waals surface area (Å²) in [6, 6.07) is 3.97. The van der Waals surface area contributed by atoms with Crippen LogP contribution in [-0.4, -0.2) is 28.7 Å². The minimum atomic E-state index is -0.452. The maximum atomic E-state index is 12.2. The summed E-state index contributed by atoms with van der Waals surface area (Å²) >= 11 is 3.09. The van der Waals surface area contributed by atoms with E-state index in [1.54, 1.807) is 16.7 Å². The third-order valence-corrected chi connectivity index (χ3v) is 5.02. The van der Waals surface area contributed by atoms with E-state index in [1.165, 1.54) is 11.3 Å². The molecule has 7 heteroatoms. The van der Waals surface area contributed by atoms with Crippen molar-refractivity contribution in [3.63, 3.8) is 0 Å². The van der Waals surface area contributed by atoms with Gasteiger partial charge in [-0.25, -0.2) is 4.98 Å². The van der Waals surface area contributed by atoms with Crippen molar-refractivity contribution in [3.05, 3.63) is 28.6 Å². The van der Waals surface area contributed by atoms with E-state index in [0.29, 0.717) is 12.2 Å². The number of aromatic nitrogens is 1. The smallest absolute Gasteiger partial charge is 0.270 e. The molecule has 0 aliphatic carbocycles. The van der Waals surface area contributed by atoms with E-state index in [2.05, 4.69) is 15.5 Å². The van der Waals surface area contributed by atoms with Gasteiger partial charge in [-0.05, 0) is 25.3 Å². The van der Waals surface area contributed by atoms with Crippen LogP contribution in [0.2, 0.25) is 0 Å². The first-order valence-corrected chi connectivity index (χ1v) is 8.31. The van der Waals surface area contributed by atoms with Crippen molar-refractivity contribution in [2.75, 3.05) is 6.54 Å².